The number of benzene rings is 2. The Morgan fingerprint density at radius 3 is 1.52 bits per heavy atom. The van der Waals surface area contributed by atoms with E-state index >= 15 is 0 Å². The zero-order valence-electron chi connectivity index (χ0n) is 12.5. The van der Waals surface area contributed by atoms with Crippen LogP contribution in [0, 0.1) is 0 Å². The van der Waals surface area contributed by atoms with Crippen molar-refractivity contribution in [2.45, 2.75) is 19.5 Å². The molecule has 0 saturated heterocycles. The van der Waals surface area contributed by atoms with Gasteiger partial charge in [0.05, 0.1) is 13.2 Å². The van der Waals surface area contributed by atoms with Gasteiger partial charge < -0.3 is 0 Å². The van der Waals surface area contributed by atoms with Gasteiger partial charge in [0, 0.05) is 11.1 Å². The molecule has 2 aromatic carbocycles. The molecule has 21 heavy (non-hydrogen) atoms. The third kappa shape index (κ3) is 3.90. The fourth-order valence-electron chi connectivity index (χ4n) is 2.40. The summed E-state index contributed by atoms with van der Waals surface area (Å²) >= 11 is 0. The third-order valence-electron chi connectivity index (χ3n) is 3.19. The lowest BCUT2D eigenvalue weighted by atomic mass is 10.0. The van der Waals surface area contributed by atoms with Crippen molar-refractivity contribution in [2.24, 2.45) is 0 Å². The Hall–Kier alpha value is -1.25. The summed E-state index contributed by atoms with van der Waals surface area (Å²) in [5, 5.41) is 0. The average molecular weight is 305 g/mol. The summed E-state index contributed by atoms with van der Waals surface area (Å²) in [6, 6.07) is 19.8. The van der Waals surface area contributed by atoms with E-state index in [0.29, 0.717) is 13.2 Å². The predicted octanol–water partition coefficient (Wildman–Crippen LogP) is 4.60. The van der Waals surface area contributed by atoms with Crippen molar-refractivity contribution in [3.05, 3.63) is 71.8 Å². The Bertz CT molecular complexity index is 485. The van der Waals surface area contributed by atoms with Crippen LogP contribution < -0.4 is 0 Å². The molecule has 0 aromatic heterocycles. The van der Waals surface area contributed by atoms with Gasteiger partial charge in [0.15, 0.2) is 0 Å². The van der Waals surface area contributed by atoms with Crippen molar-refractivity contribution >= 4 is 7.94 Å². The van der Waals surface area contributed by atoms with E-state index < -0.39 is 7.94 Å². The smallest absolute Gasteiger partial charge is 0.192 e. The van der Waals surface area contributed by atoms with E-state index in [9.17, 15) is 4.89 Å². The summed E-state index contributed by atoms with van der Waals surface area (Å²) in [5.41, 5.74) is 1.71. The minimum absolute atomic E-state index is 0.292. The van der Waals surface area contributed by atoms with Gasteiger partial charge in [0.1, 0.15) is 0 Å². The fraction of sp³-hybridized carbons (Fsp3) is 0.294. The van der Waals surface area contributed by atoms with E-state index in [1.807, 2.05) is 74.5 Å². The molecule has 0 heterocycles. The zero-order valence-corrected chi connectivity index (χ0v) is 13.4. The maximum absolute atomic E-state index is 11.0. The summed E-state index contributed by atoms with van der Waals surface area (Å²) in [6.07, 6.45) is 0. The molecule has 0 saturated carbocycles. The van der Waals surface area contributed by atoms with E-state index in [0.717, 1.165) is 11.1 Å². The first-order valence-corrected chi connectivity index (χ1v) is 8.86. The molecule has 0 spiro atoms. The molecule has 1 N–H and O–H groups in total. The molecule has 3 nitrogen and oxygen atoms in total. The molecule has 0 aliphatic rings. The highest BCUT2D eigenvalue weighted by molar-refractivity contribution is 7.61. The van der Waals surface area contributed by atoms with Crippen molar-refractivity contribution in [3.63, 3.8) is 0 Å². The summed E-state index contributed by atoms with van der Waals surface area (Å²) < 4.78 is 11.4. The molecule has 112 valence electrons. The van der Waals surface area contributed by atoms with Crippen molar-refractivity contribution in [2.75, 3.05) is 13.2 Å². The van der Waals surface area contributed by atoms with Crippen molar-refractivity contribution in [3.8, 4) is 0 Å². The monoisotopic (exact) mass is 305 g/mol. The molecule has 0 atom stereocenters. The molecule has 2 rings (SSSR count). The van der Waals surface area contributed by atoms with E-state index in [1.54, 1.807) is 0 Å². The van der Waals surface area contributed by atoms with Gasteiger partial charge in [0.2, 0.25) is 5.66 Å². The maximum Gasteiger partial charge on any atom is 0.421 e. The Balaban J connectivity index is 2.49. The number of hydrogen-bond donors (Lipinski definition) is 1. The molecule has 0 amide bonds. The van der Waals surface area contributed by atoms with Crippen molar-refractivity contribution < 1.29 is 13.9 Å². The SMILES string of the molecule is CCO[P+](O)(OCC)C(c1ccccc1)c1ccccc1. The van der Waals surface area contributed by atoms with Crippen LogP contribution >= 0.6 is 7.94 Å². The molecule has 0 fully saturated rings. The molecule has 0 unspecified atom stereocenters. The van der Waals surface area contributed by atoms with E-state index in [-0.39, 0.29) is 5.66 Å². The molecule has 0 radical (unpaired) electrons. The minimum atomic E-state index is -3.02. The van der Waals surface area contributed by atoms with Crippen LogP contribution in [0.3, 0.4) is 0 Å². The summed E-state index contributed by atoms with van der Waals surface area (Å²) in [4.78, 5) is 11.0. The van der Waals surface area contributed by atoms with Gasteiger partial charge >= 0.3 is 7.94 Å². The van der Waals surface area contributed by atoms with Crippen LogP contribution in [0.1, 0.15) is 30.6 Å². The summed E-state index contributed by atoms with van der Waals surface area (Å²) in [6.45, 7) is 4.58. The highest BCUT2D eigenvalue weighted by Gasteiger charge is 2.51. The first-order valence-electron chi connectivity index (χ1n) is 7.21. The predicted molar refractivity (Wildman–Crippen MR) is 87.1 cm³/mol. The molecule has 0 bridgehead atoms. The summed E-state index contributed by atoms with van der Waals surface area (Å²) in [5.74, 6) is 0. The van der Waals surface area contributed by atoms with Crippen LogP contribution in [0.5, 0.6) is 0 Å². The van der Waals surface area contributed by atoms with Crippen molar-refractivity contribution in [1.82, 2.24) is 0 Å². The minimum Gasteiger partial charge on any atom is -0.192 e. The topological polar surface area (TPSA) is 38.7 Å². The van der Waals surface area contributed by atoms with E-state index in [4.69, 9.17) is 9.05 Å². The average Bonchev–Trinajstić information content (AvgIpc) is 2.50. The second-order valence-corrected chi connectivity index (χ2v) is 6.78. The van der Waals surface area contributed by atoms with Gasteiger partial charge in [-0.1, -0.05) is 60.7 Å². The van der Waals surface area contributed by atoms with E-state index in [1.165, 1.54) is 0 Å². The van der Waals surface area contributed by atoms with Crippen LogP contribution in [-0.2, 0) is 9.05 Å². The molecule has 0 aliphatic heterocycles. The third-order valence-corrected chi connectivity index (χ3v) is 5.69. The van der Waals surface area contributed by atoms with Crippen molar-refractivity contribution in [1.29, 1.82) is 0 Å². The Kier molecular flexibility index (Phi) is 5.89. The standard InChI is InChI=1S/C17H22O3P/c1-3-19-21(18,20-4-2)17(15-11-7-5-8-12-15)16-13-9-6-10-14-16/h5-14,17-18H,3-4H2,1-2H3/q+1. The van der Waals surface area contributed by atoms with Gasteiger partial charge in [-0.05, 0) is 13.8 Å². The summed E-state index contributed by atoms with van der Waals surface area (Å²) in [7, 11) is -3.02. The van der Waals surface area contributed by atoms with Crippen LogP contribution in [0.25, 0.3) is 0 Å². The number of hydrogen-bond acceptors (Lipinski definition) is 3. The van der Waals surface area contributed by atoms with Gasteiger partial charge in [0.25, 0.3) is 0 Å². The van der Waals surface area contributed by atoms with E-state index in [2.05, 4.69) is 0 Å². The van der Waals surface area contributed by atoms with Crippen LogP contribution in [0.4, 0.5) is 0 Å². The second-order valence-electron chi connectivity index (χ2n) is 4.62. The van der Waals surface area contributed by atoms with Gasteiger partial charge in [-0.25, -0.2) is 0 Å². The van der Waals surface area contributed by atoms with Crippen LogP contribution in [0.15, 0.2) is 60.7 Å². The number of rotatable bonds is 7. The highest BCUT2D eigenvalue weighted by atomic mass is 31.2. The Morgan fingerprint density at radius 1 is 0.810 bits per heavy atom. The molecule has 2 aromatic rings. The lowest BCUT2D eigenvalue weighted by molar-refractivity contribution is 0.184. The lowest BCUT2D eigenvalue weighted by Crippen LogP contribution is -2.13. The molecule has 4 heteroatoms. The van der Waals surface area contributed by atoms with Gasteiger partial charge in [-0.15, -0.1) is 0 Å². The highest BCUT2D eigenvalue weighted by Crippen LogP contribution is 2.70. The second kappa shape index (κ2) is 7.67. The maximum atomic E-state index is 11.0. The van der Waals surface area contributed by atoms with Gasteiger partial charge in [-0.3, -0.25) is 0 Å². The Labute approximate surface area is 127 Å². The van der Waals surface area contributed by atoms with Crippen LogP contribution in [0.2, 0.25) is 0 Å². The van der Waals surface area contributed by atoms with Gasteiger partial charge in [-0.2, -0.15) is 13.9 Å². The zero-order chi connectivity index (χ0) is 15.1. The lowest BCUT2D eigenvalue weighted by Gasteiger charge is -2.25. The van der Waals surface area contributed by atoms with Crippen LogP contribution in [-0.4, -0.2) is 18.1 Å². The quantitative estimate of drug-likeness (QED) is 0.760. The largest absolute Gasteiger partial charge is 0.421 e. The first kappa shape index (κ1) is 16.1. The first-order chi connectivity index (χ1) is 10.2. The molecule has 0 aliphatic carbocycles. The normalized spacial score (nSPS) is 11.8. The molecular formula is C17H22O3P+. The molecular weight excluding hydrogens is 283 g/mol. The Morgan fingerprint density at radius 2 is 1.19 bits per heavy atom. The fourth-order valence-corrected chi connectivity index (χ4v) is 4.61.